The van der Waals surface area contributed by atoms with Crippen molar-refractivity contribution in [3.05, 3.63) is 22.4 Å². The summed E-state index contributed by atoms with van der Waals surface area (Å²) in [4.78, 5) is 9.69. The second-order valence-corrected chi connectivity index (χ2v) is 6.22. The zero-order chi connectivity index (χ0) is 11.6. The van der Waals surface area contributed by atoms with Gasteiger partial charge in [0.1, 0.15) is 5.82 Å². The lowest BCUT2D eigenvalue weighted by Gasteiger charge is -2.12. The molecule has 4 nitrogen and oxygen atoms in total. The zero-order valence-electron chi connectivity index (χ0n) is 9.52. The van der Waals surface area contributed by atoms with E-state index < -0.39 is 0 Å². The van der Waals surface area contributed by atoms with Crippen molar-refractivity contribution in [3.8, 4) is 0 Å². The van der Waals surface area contributed by atoms with Crippen LogP contribution in [0.2, 0.25) is 0 Å². The molecule has 0 aliphatic rings. The Morgan fingerprint density at radius 2 is 2.19 bits per heavy atom. The van der Waals surface area contributed by atoms with Crippen molar-refractivity contribution in [3.63, 3.8) is 0 Å². The minimum absolute atomic E-state index is 0.0148. The predicted molar refractivity (Wildman–Crippen MR) is 68.0 cm³/mol. The Kier molecular flexibility index (Phi) is 3.20. The van der Waals surface area contributed by atoms with E-state index in [9.17, 15) is 0 Å². The minimum atomic E-state index is 0.0148. The van der Waals surface area contributed by atoms with Crippen molar-refractivity contribution >= 4 is 28.0 Å². The maximum absolute atomic E-state index is 4.46. The Balaban J connectivity index is 1.98. The highest BCUT2D eigenvalue weighted by Crippen LogP contribution is 2.23. The number of nitrogens with zero attached hydrogens (tertiary/aromatic N) is 3. The number of hydrogen-bond donors (Lipinski definition) is 1. The van der Waals surface area contributed by atoms with E-state index >= 15 is 0 Å². The topological polar surface area (TPSA) is 50.7 Å². The first-order valence-electron chi connectivity index (χ1n) is 5.01. The molecule has 2 heterocycles. The van der Waals surface area contributed by atoms with Crippen LogP contribution in [0, 0.1) is 0 Å². The summed E-state index contributed by atoms with van der Waals surface area (Å²) in [5.41, 5.74) is 1.85. The van der Waals surface area contributed by atoms with Crippen LogP contribution in [0.5, 0.6) is 0 Å². The van der Waals surface area contributed by atoms with Gasteiger partial charge >= 0.3 is 0 Å². The van der Waals surface area contributed by atoms with Crippen molar-refractivity contribution in [2.45, 2.75) is 32.7 Å². The van der Waals surface area contributed by atoms with Crippen LogP contribution >= 0.6 is 22.9 Å². The molecule has 0 unspecified atom stereocenters. The lowest BCUT2D eigenvalue weighted by atomic mass is 9.96. The largest absolute Gasteiger partial charge is 0.355 e. The molecule has 2 aromatic rings. The van der Waals surface area contributed by atoms with E-state index in [0.717, 1.165) is 17.5 Å². The number of thiazole rings is 1. The normalized spacial score (nSPS) is 11.7. The Labute approximate surface area is 103 Å². The van der Waals surface area contributed by atoms with Crippen LogP contribution in [0.3, 0.4) is 0 Å². The maximum atomic E-state index is 4.46. The van der Waals surface area contributed by atoms with Gasteiger partial charge in [-0.05, 0) is 0 Å². The molecule has 0 radical (unpaired) electrons. The summed E-state index contributed by atoms with van der Waals surface area (Å²) in [6, 6.07) is 0. The molecule has 0 aliphatic carbocycles. The molecular formula is C10H14N4S2. The quantitative estimate of drug-likeness (QED) is 0.915. The van der Waals surface area contributed by atoms with Gasteiger partial charge < -0.3 is 5.32 Å². The summed E-state index contributed by atoms with van der Waals surface area (Å²) in [6.07, 6.45) is 1.86. The van der Waals surface area contributed by atoms with Crippen LogP contribution in [0.25, 0.3) is 0 Å². The van der Waals surface area contributed by atoms with Crippen LogP contribution in [0.1, 0.15) is 31.5 Å². The van der Waals surface area contributed by atoms with Crippen LogP contribution in [0.4, 0.5) is 5.13 Å². The van der Waals surface area contributed by atoms with Gasteiger partial charge in [0, 0.05) is 28.0 Å². The Bertz CT molecular complexity index is 442. The lowest BCUT2D eigenvalue weighted by molar-refractivity contribution is 0.555. The fourth-order valence-corrected chi connectivity index (χ4v) is 2.38. The molecule has 0 spiro atoms. The molecule has 6 heteroatoms. The second kappa shape index (κ2) is 4.47. The molecule has 1 N–H and O–H groups in total. The fourth-order valence-electron chi connectivity index (χ4n) is 1.09. The molecule has 0 saturated carbocycles. The van der Waals surface area contributed by atoms with Crippen LogP contribution in [-0.4, -0.2) is 14.3 Å². The third-order valence-electron chi connectivity index (χ3n) is 1.99. The van der Waals surface area contributed by atoms with Crippen molar-refractivity contribution in [2.75, 3.05) is 5.32 Å². The number of aromatic nitrogens is 3. The van der Waals surface area contributed by atoms with E-state index in [1.807, 2.05) is 11.7 Å². The third-order valence-corrected chi connectivity index (χ3v) is 3.45. The summed E-state index contributed by atoms with van der Waals surface area (Å²) in [7, 11) is 0. The molecule has 16 heavy (non-hydrogen) atoms. The zero-order valence-corrected chi connectivity index (χ0v) is 11.2. The molecule has 0 bridgehead atoms. The molecule has 0 amide bonds. The van der Waals surface area contributed by atoms with Gasteiger partial charge in [-0.15, -0.1) is 11.3 Å². The number of hydrogen-bond acceptors (Lipinski definition) is 6. The fraction of sp³-hybridized carbons (Fsp3) is 0.500. The smallest absolute Gasteiger partial charge is 0.202 e. The van der Waals surface area contributed by atoms with Gasteiger partial charge in [-0.3, -0.25) is 4.98 Å². The number of nitrogens with one attached hydrogen (secondary N) is 1. The first kappa shape index (κ1) is 11.5. The number of rotatable bonds is 3. The van der Waals surface area contributed by atoms with Crippen molar-refractivity contribution in [1.82, 2.24) is 14.3 Å². The Morgan fingerprint density at radius 3 is 2.75 bits per heavy atom. The van der Waals surface area contributed by atoms with Gasteiger partial charge in [0.15, 0.2) is 0 Å². The van der Waals surface area contributed by atoms with Gasteiger partial charge in [0.2, 0.25) is 5.13 Å². The minimum Gasteiger partial charge on any atom is -0.355 e. The maximum Gasteiger partial charge on any atom is 0.202 e. The van der Waals surface area contributed by atoms with E-state index in [1.54, 1.807) is 11.3 Å². The summed E-state index contributed by atoms with van der Waals surface area (Å²) in [5, 5.41) is 4.13. The SMILES string of the molecule is CC(C)(C)c1nsc(NCc2cncs2)n1. The van der Waals surface area contributed by atoms with E-state index in [4.69, 9.17) is 0 Å². The van der Waals surface area contributed by atoms with Crippen LogP contribution < -0.4 is 5.32 Å². The van der Waals surface area contributed by atoms with Crippen molar-refractivity contribution < 1.29 is 0 Å². The van der Waals surface area contributed by atoms with E-state index in [2.05, 4.69) is 40.4 Å². The Hall–Kier alpha value is -1.01. The third kappa shape index (κ3) is 2.76. The average Bonchev–Trinajstić information content (AvgIpc) is 2.85. The molecular weight excluding hydrogens is 240 g/mol. The monoisotopic (exact) mass is 254 g/mol. The standard InChI is InChI=1S/C10H14N4S2/c1-10(2,3)8-13-9(16-14-8)12-5-7-4-11-6-15-7/h4,6H,5H2,1-3H3,(H,12,13,14). The van der Waals surface area contributed by atoms with Gasteiger partial charge in [-0.1, -0.05) is 20.8 Å². The molecule has 0 fully saturated rings. The van der Waals surface area contributed by atoms with Gasteiger partial charge in [-0.2, -0.15) is 4.37 Å². The number of anilines is 1. The van der Waals surface area contributed by atoms with Gasteiger partial charge in [0.05, 0.1) is 12.1 Å². The summed E-state index contributed by atoms with van der Waals surface area (Å²) in [6.45, 7) is 7.11. The van der Waals surface area contributed by atoms with Crippen molar-refractivity contribution in [1.29, 1.82) is 0 Å². The van der Waals surface area contributed by atoms with E-state index in [1.165, 1.54) is 16.4 Å². The average molecular weight is 254 g/mol. The van der Waals surface area contributed by atoms with Gasteiger partial charge in [0.25, 0.3) is 0 Å². The highest BCUT2D eigenvalue weighted by molar-refractivity contribution is 7.10. The molecule has 0 aromatic carbocycles. The Morgan fingerprint density at radius 1 is 1.38 bits per heavy atom. The molecule has 0 aliphatic heterocycles. The first-order chi connectivity index (χ1) is 7.55. The van der Waals surface area contributed by atoms with Crippen LogP contribution in [-0.2, 0) is 12.0 Å². The molecule has 0 saturated heterocycles. The molecule has 0 atom stereocenters. The van der Waals surface area contributed by atoms with Gasteiger partial charge in [-0.25, -0.2) is 4.98 Å². The predicted octanol–water partition coefficient (Wildman–Crippen LogP) is 2.90. The summed E-state index contributed by atoms with van der Waals surface area (Å²) in [5.74, 6) is 0.893. The van der Waals surface area contributed by atoms with Crippen molar-refractivity contribution in [2.24, 2.45) is 0 Å². The summed E-state index contributed by atoms with van der Waals surface area (Å²) >= 11 is 3.05. The van der Waals surface area contributed by atoms with E-state index in [-0.39, 0.29) is 5.41 Å². The molecule has 2 aromatic heterocycles. The van der Waals surface area contributed by atoms with Crippen LogP contribution in [0.15, 0.2) is 11.7 Å². The first-order valence-corrected chi connectivity index (χ1v) is 6.66. The second-order valence-electron chi connectivity index (χ2n) is 4.49. The molecule has 2 rings (SSSR count). The highest BCUT2D eigenvalue weighted by atomic mass is 32.1. The lowest BCUT2D eigenvalue weighted by Crippen LogP contribution is -2.13. The van der Waals surface area contributed by atoms with E-state index in [0.29, 0.717) is 0 Å². The molecule has 86 valence electrons. The summed E-state index contributed by atoms with van der Waals surface area (Å²) < 4.78 is 4.34. The highest BCUT2D eigenvalue weighted by Gasteiger charge is 2.19.